The molecule has 0 aromatic carbocycles. The van der Waals surface area contributed by atoms with Gasteiger partial charge in [-0.2, -0.15) is 0 Å². The molecule has 31 heavy (non-hydrogen) atoms. The summed E-state index contributed by atoms with van der Waals surface area (Å²) < 4.78 is 5.43. The van der Waals surface area contributed by atoms with Crippen LogP contribution in [0.25, 0.3) is 0 Å². The van der Waals surface area contributed by atoms with Crippen LogP contribution in [0.5, 0.6) is 0 Å². The Morgan fingerprint density at radius 2 is 2.03 bits per heavy atom. The number of ether oxygens (including phenoxy) is 1. The van der Waals surface area contributed by atoms with Crippen LogP contribution in [-0.2, 0) is 9.53 Å². The lowest BCUT2D eigenvalue weighted by molar-refractivity contribution is -0.117. The van der Waals surface area contributed by atoms with Crippen molar-refractivity contribution < 1.29 is 14.3 Å². The summed E-state index contributed by atoms with van der Waals surface area (Å²) in [6.07, 6.45) is 1.24. The molecular weight excluding hydrogens is 416 g/mol. The number of amidine groups is 1. The molecule has 0 saturated carbocycles. The van der Waals surface area contributed by atoms with E-state index in [-0.39, 0.29) is 17.9 Å². The highest BCUT2D eigenvalue weighted by Gasteiger charge is 2.33. The standard InChI is InChI=1S/C21H26N6O3S/c1-4-30-16(12-28)17-8-9-19(31-17)26-11-10-25(21(26)29)18-7-5-6-15(24-18)20(23)27(13-22)14(2)3/h5-9,12-14,16,22-23H,4,10-11H2,1-3H3. The highest BCUT2D eigenvalue weighted by atomic mass is 32.1. The molecule has 1 fully saturated rings. The minimum absolute atomic E-state index is 0.0562. The number of thiophene rings is 1. The van der Waals surface area contributed by atoms with Gasteiger partial charge in [-0.15, -0.1) is 11.3 Å². The maximum Gasteiger partial charge on any atom is 0.330 e. The second-order valence-corrected chi connectivity index (χ2v) is 8.23. The van der Waals surface area contributed by atoms with Crippen molar-refractivity contribution in [3.05, 3.63) is 40.9 Å². The fourth-order valence-corrected chi connectivity index (χ4v) is 4.30. The number of hydrogen-bond donors (Lipinski definition) is 2. The van der Waals surface area contributed by atoms with Crippen LogP contribution in [0.2, 0.25) is 0 Å². The molecule has 2 aromatic heterocycles. The van der Waals surface area contributed by atoms with Crippen LogP contribution in [0.3, 0.4) is 0 Å². The molecule has 3 heterocycles. The Balaban J connectivity index is 1.79. The van der Waals surface area contributed by atoms with E-state index in [9.17, 15) is 9.59 Å². The normalized spacial score (nSPS) is 14.8. The van der Waals surface area contributed by atoms with Crippen LogP contribution in [-0.4, -0.2) is 60.1 Å². The van der Waals surface area contributed by atoms with Crippen molar-refractivity contribution in [2.45, 2.75) is 32.9 Å². The van der Waals surface area contributed by atoms with Crippen LogP contribution in [0.4, 0.5) is 15.6 Å². The number of nitrogens with one attached hydrogen (secondary N) is 2. The topological polar surface area (TPSA) is 114 Å². The van der Waals surface area contributed by atoms with Gasteiger partial charge in [0.15, 0.2) is 12.1 Å². The predicted molar refractivity (Wildman–Crippen MR) is 122 cm³/mol. The lowest BCUT2D eigenvalue weighted by atomic mass is 10.2. The van der Waals surface area contributed by atoms with Gasteiger partial charge in [-0.05, 0) is 45.0 Å². The van der Waals surface area contributed by atoms with Crippen molar-refractivity contribution >= 4 is 46.6 Å². The van der Waals surface area contributed by atoms with E-state index in [1.165, 1.54) is 16.2 Å². The Kier molecular flexibility index (Phi) is 7.13. The summed E-state index contributed by atoms with van der Waals surface area (Å²) in [7, 11) is 0. The van der Waals surface area contributed by atoms with Gasteiger partial charge in [0.1, 0.15) is 17.6 Å². The minimum atomic E-state index is -0.625. The lowest BCUT2D eigenvalue weighted by Gasteiger charge is -2.24. The summed E-state index contributed by atoms with van der Waals surface area (Å²) in [6.45, 7) is 6.98. The average molecular weight is 443 g/mol. The summed E-state index contributed by atoms with van der Waals surface area (Å²) in [5.74, 6) is 0.564. The first-order valence-electron chi connectivity index (χ1n) is 10.0. The third-order valence-corrected chi connectivity index (χ3v) is 6.01. The molecule has 10 heteroatoms. The number of carbonyl (C=O) groups excluding carboxylic acids is 2. The van der Waals surface area contributed by atoms with E-state index in [4.69, 9.17) is 15.6 Å². The SMILES string of the molecule is CCOC(C=O)c1ccc(N2CCN(c3cccc(C(=N)N(C=N)C(C)C)n3)C2=O)s1. The first-order chi connectivity index (χ1) is 14.9. The minimum Gasteiger partial charge on any atom is -0.365 e. The zero-order valence-electron chi connectivity index (χ0n) is 17.7. The number of nitrogens with zero attached hydrogens (tertiary/aromatic N) is 4. The number of anilines is 2. The van der Waals surface area contributed by atoms with Crippen molar-refractivity contribution in [3.8, 4) is 0 Å². The van der Waals surface area contributed by atoms with Gasteiger partial charge < -0.3 is 14.4 Å². The van der Waals surface area contributed by atoms with E-state index >= 15 is 0 Å². The smallest absolute Gasteiger partial charge is 0.330 e. The van der Waals surface area contributed by atoms with Gasteiger partial charge in [-0.25, -0.2) is 9.78 Å². The molecule has 0 spiro atoms. The Morgan fingerprint density at radius 3 is 2.68 bits per heavy atom. The summed E-state index contributed by atoms with van der Waals surface area (Å²) in [5, 5.41) is 16.7. The second-order valence-electron chi connectivity index (χ2n) is 7.13. The second kappa shape index (κ2) is 9.80. The van der Waals surface area contributed by atoms with Crippen molar-refractivity contribution in [2.24, 2.45) is 0 Å². The Bertz CT molecular complexity index is 976. The number of rotatable bonds is 9. The molecule has 2 amide bonds. The molecule has 3 rings (SSSR count). The monoisotopic (exact) mass is 442 g/mol. The fraction of sp³-hybridized carbons (Fsp3) is 0.381. The maximum absolute atomic E-state index is 13.1. The van der Waals surface area contributed by atoms with Gasteiger partial charge in [0, 0.05) is 30.6 Å². The van der Waals surface area contributed by atoms with Crippen LogP contribution >= 0.6 is 11.3 Å². The van der Waals surface area contributed by atoms with E-state index in [1.54, 1.807) is 28.0 Å². The maximum atomic E-state index is 13.1. The quantitative estimate of drug-likeness (QED) is 0.350. The first kappa shape index (κ1) is 22.6. The predicted octanol–water partition coefficient (Wildman–Crippen LogP) is 3.51. The van der Waals surface area contributed by atoms with E-state index < -0.39 is 6.10 Å². The summed E-state index contributed by atoms with van der Waals surface area (Å²) in [5.41, 5.74) is 0.393. The van der Waals surface area contributed by atoms with E-state index in [2.05, 4.69) is 4.98 Å². The van der Waals surface area contributed by atoms with Crippen molar-refractivity contribution in [1.29, 1.82) is 10.8 Å². The van der Waals surface area contributed by atoms with Gasteiger partial charge in [0.05, 0.1) is 11.3 Å². The molecule has 2 N–H and O–H groups in total. The Morgan fingerprint density at radius 1 is 1.29 bits per heavy atom. The highest BCUT2D eigenvalue weighted by Crippen LogP contribution is 2.34. The van der Waals surface area contributed by atoms with Gasteiger partial charge in [-0.1, -0.05) is 6.07 Å². The third-order valence-electron chi connectivity index (χ3n) is 4.85. The zero-order valence-corrected chi connectivity index (χ0v) is 18.6. The zero-order chi connectivity index (χ0) is 22.5. The first-order valence-corrected chi connectivity index (χ1v) is 10.8. The largest absolute Gasteiger partial charge is 0.365 e. The molecule has 164 valence electrons. The number of hydrogen-bond acceptors (Lipinski definition) is 7. The van der Waals surface area contributed by atoms with Gasteiger partial charge in [0.2, 0.25) is 0 Å². The van der Waals surface area contributed by atoms with Crippen molar-refractivity contribution in [3.63, 3.8) is 0 Å². The van der Waals surface area contributed by atoms with Gasteiger partial charge >= 0.3 is 6.03 Å². The number of urea groups is 1. The van der Waals surface area contributed by atoms with E-state index in [1.807, 2.05) is 32.9 Å². The number of aromatic nitrogens is 1. The Hall–Kier alpha value is -3.11. The summed E-state index contributed by atoms with van der Waals surface area (Å²) in [4.78, 5) is 34.3. The van der Waals surface area contributed by atoms with Crippen LogP contribution < -0.4 is 9.80 Å². The third kappa shape index (κ3) is 4.64. The molecule has 1 saturated heterocycles. The van der Waals surface area contributed by atoms with Crippen LogP contribution in [0, 0.1) is 10.8 Å². The number of pyridine rings is 1. The highest BCUT2D eigenvalue weighted by molar-refractivity contribution is 7.16. The van der Waals surface area contributed by atoms with Gasteiger partial charge in [-0.3, -0.25) is 20.6 Å². The van der Waals surface area contributed by atoms with Crippen LogP contribution in [0.1, 0.15) is 37.4 Å². The van der Waals surface area contributed by atoms with Gasteiger partial charge in [0.25, 0.3) is 0 Å². The molecule has 1 aliphatic heterocycles. The number of carbonyl (C=O) groups is 2. The lowest BCUT2D eigenvalue weighted by Crippen LogP contribution is -2.36. The summed E-state index contributed by atoms with van der Waals surface area (Å²) in [6, 6.07) is 8.55. The number of aldehydes is 1. The number of amides is 2. The average Bonchev–Trinajstić information content (AvgIpc) is 3.39. The molecule has 0 aliphatic carbocycles. The fourth-order valence-electron chi connectivity index (χ4n) is 3.27. The van der Waals surface area contributed by atoms with Crippen LogP contribution in [0.15, 0.2) is 30.3 Å². The van der Waals surface area contributed by atoms with E-state index in [0.29, 0.717) is 31.2 Å². The molecule has 1 unspecified atom stereocenters. The summed E-state index contributed by atoms with van der Waals surface area (Å²) >= 11 is 1.36. The molecule has 1 atom stereocenters. The molecule has 0 radical (unpaired) electrons. The molecule has 0 bridgehead atoms. The molecule has 1 aliphatic rings. The van der Waals surface area contributed by atoms with E-state index in [0.717, 1.165) is 22.5 Å². The molecule has 2 aromatic rings. The molecule has 9 nitrogen and oxygen atoms in total. The van der Waals surface area contributed by atoms with Crippen molar-refractivity contribution in [2.75, 3.05) is 29.5 Å². The molecular formula is C21H26N6O3S. The van der Waals surface area contributed by atoms with Crippen molar-refractivity contribution in [1.82, 2.24) is 9.88 Å². The Labute approximate surface area is 185 Å².